The molecule has 3 aromatic heterocycles. The van der Waals surface area contributed by atoms with Crippen LogP contribution in [0.25, 0.3) is 11.5 Å². The summed E-state index contributed by atoms with van der Waals surface area (Å²) in [5, 5.41) is 18.5. The average molecular weight is 303 g/mol. The van der Waals surface area contributed by atoms with Crippen LogP contribution < -0.4 is 5.32 Å². The zero-order valence-corrected chi connectivity index (χ0v) is 12.1. The fourth-order valence-corrected chi connectivity index (χ4v) is 2.42. The molecule has 3 aromatic rings. The molecule has 0 radical (unpaired) electrons. The van der Waals surface area contributed by atoms with Crippen molar-refractivity contribution in [3.63, 3.8) is 0 Å². The van der Waals surface area contributed by atoms with Gasteiger partial charge in [0.2, 0.25) is 17.7 Å². The Morgan fingerprint density at radius 3 is 3.10 bits per heavy atom. The number of nitrogens with one attached hydrogen (secondary N) is 1. The van der Waals surface area contributed by atoms with E-state index in [2.05, 4.69) is 20.6 Å². The van der Waals surface area contributed by atoms with Gasteiger partial charge in [-0.15, -0.1) is 10.2 Å². The molecule has 0 unspecified atom stereocenters. The SMILES string of the molecule is Cn1cc(NC(=O)CCc2nnc(-c3ccsc3)o2)cn1. The molecule has 1 amide bonds. The lowest BCUT2D eigenvalue weighted by molar-refractivity contribution is -0.116. The van der Waals surface area contributed by atoms with E-state index in [9.17, 15) is 4.79 Å². The molecule has 0 saturated heterocycles. The monoisotopic (exact) mass is 303 g/mol. The van der Waals surface area contributed by atoms with Gasteiger partial charge in [-0.3, -0.25) is 9.48 Å². The normalized spacial score (nSPS) is 10.7. The molecule has 0 bridgehead atoms. The average Bonchev–Trinajstić information content (AvgIpc) is 3.17. The van der Waals surface area contributed by atoms with Crippen molar-refractivity contribution in [3.8, 4) is 11.5 Å². The molecule has 0 fully saturated rings. The fraction of sp³-hybridized carbons (Fsp3) is 0.231. The number of aromatic nitrogens is 4. The third-order valence-electron chi connectivity index (χ3n) is 2.79. The van der Waals surface area contributed by atoms with Crippen molar-refractivity contribution < 1.29 is 9.21 Å². The number of nitrogens with zero attached hydrogens (tertiary/aromatic N) is 4. The summed E-state index contributed by atoms with van der Waals surface area (Å²) in [4.78, 5) is 11.8. The summed E-state index contributed by atoms with van der Waals surface area (Å²) in [6, 6.07) is 1.91. The van der Waals surface area contributed by atoms with Gasteiger partial charge in [-0.05, 0) is 11.4 Å². The van der Waals surface area contributed by atoms with Gasteiger partial charge in [0.15, 0.2) is 0 Å². The maximum atomic E-state index is 11.8. The molecule has 0 aliphatic rings. The summed E-state index contributed by atoms with van der Waals surface area (Å²) in [6.07, 6.45) is 4.02. The number of carbonyl (C=O) groups is 1. The Kier molecular flexibility index (Phi) is 3.78. The number of thiophene rings is 1. The molecular formula is C13H13N5O2S. The van der Waals surface area contributed by atoms with Crippen LogP contribution in [0.5, 0.6) is 0 Å². The highest BCUT2D eigenvalue weighted by atomic mass is 32.1. The predicted molar refractivity (Wildman–Crippen MR) is 77.8 cm³/mol. The van der Waals surface area contributed by atoms with Crippen molar-refractivity contribution in [2.75, 3.05) is 5.32 Å². The van der Waals surface area contributed by atoms with Crippen molar-refractivity contribution in [1.29, 1.82) is 0 Å². The highest BCUT2D eigenvalue weighted by Crippen LogP contribution is 2.20. The van der Waals surface area contributed by atoms with E-state index in [0.717, 1.165) is 5.56 Å². The molecule has 108 valence electrons. The lowest BCUT2D eigenvalue weighted by Crippen LogP contribution is -2.11. The van der Waals surface area contributed by atoms with Gasteiger partial charge >= 0.3 is 0 Å². The van der Waals surface area contributed by atoms with Crippen LogP contribution in [0.4, 0.5) is 5.69 Å². The smallest absolute Gasteiger partial charge is 0.248 e. The number of aryl methyl sites for hydroxylation is 2. The largest absolute Gasteiger partial charge is 0.421 e. The number of hydrogen-bond donors (Lipinski definition) is 1. The maximum absolute atomic E-state index is 11.8. The summed E-state index contributed by atoms with van der Waals surface area (Å²) in [5.41, 5.74) is 1.57. The Morgan fingerprint density at radius 1 is 1.48 bits per heavy atom. The summed E-state index contributed by atoms with van der Waals surface area (Å²) in [7, 11) is 1.79. The maximum Gasteiger partial charge on any atom is 0.248 e. The summed E-state index contributed by atoms with van der Waals surface area (Å²) in [6.45, 7) is 0. The minimum absolute atomic E-state index is 0.113. The molecule has 3 rings (SSSR count). The molecule has 1 N–H and O–H groups in total. The van der Waals surface area contributed by atoms with Crippen molar-refractivity contribution in [2.24, 2.45) is 7.05 Å². The Bertz CT molecular complexity index is 731. The molecule has 0 saturated carbocycles. The summed E-state index contributed by atoms with van der Waals surface area (Å²) >= 11 is 1.57. The Balaban J connectivity index is 1.54. The first-order valence-electron chi connectivity index (χ1n) is 6.34. The van der Waals surface area contributed by atoms with E-state index in [4.69, 9.17) is 4.42 Å². The first kappa shape index (κ1) is 13.5. The second kappa shape index (κ2) is 5.88. The van der Waals surface area contributed by atoms with Crippen molar-refractivity contribution in [1.82, 2.24) is 20.0 Å². The second-order valence-electron chi connectivity index (χ2n) is 4.46. The van der Waals surface area contributed by atoms with E-state index < -0.39 is 0 Å². The zero-order chi connectivity index (χ0) is 14.7. The van der Waals surface area contributed by atoms with Crippen LogP contribution in [0.1, 0.15) is 12.3 Å². The van der Waals surface area contributed by atoms with E-state index in [1.807, 2.05) is 16.8 Å². The van der Waals surface area contributed by atoms with Crippen LogP contribution in [0.15, 0.2) is 33.6 Å². The second-order valence-corrected chi connectivity index (χ2v) is 5.24. The molecule has 0 atom stereocenters. The van der Waals surface area contributed by atoms with Gasteiger partial charge in [-0.1, -0.05) is 0 Å². The zero-order valence-electron chi connectivity index (χ0n) is 11.3. The fourth-order valence-electron chi connectivity index (χ4n) is 1.79. The van der Waals surface area contributed by atoms with Crippen LogP contribution in [0, 0.1) is 0 Å². The topological polar surface area (TPSA) is 85.8 Å². The Labute approximate surface area is 124 Å². The molecular weight excluding hydrogens is 290 g/mol. The van der Waals surface area contributed by atoms with Crippen LogP contribution in [-0.4, -0.2) is 25.9 Å². The molecule has 21 heavy (non-hydrogen) atoms. The molecule has 0 aromatic carbocycles. The van der Waals surface area contributed by atoms with Crippen molar-refractivity contribution in [2.45, 2.75) is 12.8 Å². The lowest BCUT2D eigenvalue weighted by atomic mass is 10.3. The molecule has 7 nitrogen and oxygen atoms in total. The standard InChI is InChI=1S/C13H13N5O2S/c1-18-7-10(6-14-18)15-11(19)2-3-12-16-17-13(20-12)9-4-5-21-8-9/h4-8H,2-3H2,1H3,(H,15,19). The minimum atomic E-state index is -0.113. The molecule has 3 heterocycles. The number of anilines is 1. The summed E-state index contributed by atoms with van der Waals surface area (Å²) in [5.74, 6) is 0.828. The first-order chi connectivity index (χ1) is 10.2. The van der Waals surface area contributed by atoms with Crippen molar-refractivity contribution >= 4 is 22.9 Å². The lowest BCUT2D eigenvalue weighted by Gasteiger charge is -1.99. The van der Waals surface area contributed by atoms with Gasteiger partial charge in [0.05, 0.1) is 11.9 Å². The van der Waals surface area contributed by atoms with Crippen LogP contribution in [0.2, 0.25) is 0 Å². The third kappa shape index (κ3) is 3.34. The minimum Gasteiger partial charge on any atom is -0.421 e. The number of hydrogen-bond acceptors (Lipinski definition) is 6. The van der Waals surface area contributed by atoms with E-state index in [1.54, 1.807) is 35.5 Å². The van der Waals surface area contributed by atoms with Crippen LogP contribution >= 0.6 is 11.3 Å². The van der Waals surface area contributed by atoms with E-state index in [0.29, 0.717) is 23.9 Å². The predicted octanol–water partition coefficient (Wildman–Crippen LogP) is 2.10. The van der Waals surface area contributed by atoms with Gasteiger partial charge in [0.25, 0.3) is 0 Å². The highest BCUT2D eigenvalue weighted by molar-refractivity contribution is 7.08. The van der Waals surface area contributed by atoms with Gasteiger partial charge in [0, 0.05) is 37.0 Å². The first-order valence-corrected chi connectivity index (χ1v) is 7.28. The van der Waals surface area contributed by atoms with Crippen LogP contribution in [-0.2, 0) is 18.3 Å². The molecule has 0 aliphatic carbocycles. The third-order valence-corrected chi connectivity index (χ3v) is 3.47. The Morgan fingerprint density at radius 2 is 2.38 bits per heavy atom. The number of rotatable bonds is 5. The number of carbonyl (C=O) groups excluding carboxylic acids is 1. The van der Waals surface area contributed by atoms with E-state index in [-0.39, 0.29) is 12.3 Å². The molecule has 8 heteroatoms. The quantitative estimate of drug-likeness (QED) is 0.780. The highest BCUT2D eigenvalue weighted by Gasteiger charge is 2.11. The van der Waals surface area contributed by atoms with Gasteiger partial charge in [-0.2, -0.15) is 16.4 Å². The van der Waals surface area contributed by atoms with Gasteiger partial charge < -0.3 is 9.73 Å². The Hall–Kier alpha value is -2.48. The number of amides is 1. The molecule has 0 aliphatic heterocycles. The van der Waals surface area contributed by atoms with Crippen molar-refractivity contribution in [3.05, 3.63) is 35.1 Å². The van der Waals surface area contributed by atoms with E-state index >= 15 is 0 Å². The summed E-state index contributed by atoms with van der Waals surface area (Å²) < 4.78 is 7.15. The van der Waals surface area contributed by atoms with Gasteiger partial charge in [0.1, 0.15) is 0 Å². The van der Waals surface area contributed by atoms with E-state index in [1.165, 1.54) is 0 Å². The van der Waals surface area contributed by atoms with Crippen LogP contribution in [0.3, 0.4) is 0 Å². The van der Waals surface area contributed by atoms with Gasteiger partial charge in [-0.25, -0.2) is 0 Å². The molecule has 0 spiro atoms.